The maximum atomic E-state index is 9.27. The Kier molecular flexibility index (Phi) is 3.60. The van der Waals surface area contributed by atoms with Crippen molar-refractivity contribution in [1.29, 1.82) is 0 Å². The molecule has 0 aromatic carbocycles. The van der Waals surface area contributed by atoms with E-state index < -0.39 is 0 Å². The Morgan fingerprint density at radius 2 is 2.40 bits per heavy atom. The van der Waals surface area contributed by atoms with Gasteiger partial charge in [0.15, 0.2) is 0 Å². The second-order valence-electron chi connectivity index (χ2n) is 4.43. The van der Waals surface area contributed by atoms with E-state index in [2.05, 4.69) is 25.2 Å². The van der Waals surface area contributed by atoms with E-state index in [1.54, 1.807) is 0 Å². The summed E-state index contributed by atoms with van der Waals surface area (Å²) in [6, 6.07) is 0. The maximum Gasteiger partial charge on any atom is 0.0975 e. The van der Waals surface area contributed by atoms with Gasteiger partial charge in [-0.25, -0.2) is 0 Å². The second kappa shape index (κ2) is 4.95. The topological polar surface area (TPSA) is 29.5 Å². The van der Waals surface area contributed by atoms with E-state index >= 15 is 0 Å². The highest BCUT2D eigenvalue weighted by molar-refractivity contribution is 5.21. The minimum atomic E-state index is 0.139. The number of rotatable bonds is 2. The van der Waals surface area contributed by atoms with Crippen LogP contribution in [0.25, 0.3) is 0 Å². The Labute approximate surface area is 91.6 Å². The van der Waals surface area contributed by atoms with Gasteiger partial charge in [-0.15, -0.1) is 0 Å². The van der Waals surface area contributed by atoms with Gasteiger partial charge in [0.2, 0.25) is 0 Å². The Morgan fingerprint density at radius 1 is 1.53 bits per heavy atom. The van der Waals surface area contributed by atoms with Crippen molar-refractivity contribution in [2.75, 3.05) is 6.61 Å². The third-order valence-corrected chi connectivity index (χ3v) is 3.35. The SMILES string of the molecule is CC/C=C1\CCC[C@H](CO)[C@@H]2C=C[C@H]1O2. The van der Waals surface area contributed by atoms with Gasteiger partial charge in [-0.3, -0.25) is 0 Å². The average molecular weight is 208 g/mol. The molecule has 3 atom stereocenters. The molecule has 2 aliphatic rings. The minimum absolute atomic E-state index is 0.139. The molecule has 2 aliphatic heterocycles. The molecule has 0 radical (unpaired) electrons. The van der Waals surface area contributed by atoms with E-state index in [-0.39, 0.29) is 18.8 Å². The highest BCUT2D eigenvalue weighted by atomic mass is 16.5. The Morgan fingerprint density at radius 3 is 3.13 bits per heavy atom. The van der Waals surface area contributed by atoms with Crippen LogP contribution in [0.2, 0.25) is 0 Å². The largest absolute Gasteiger partial charge is 0.396 e. The van der Waals surface area contributed by atoms with E-state index in [0.717, 1.165) is 19.3 Å². The van der Waals surface area contributed by atoms with Gasteiger partial charge in [0, 0.05) is 12.5 Å². The number of fused-ring (bicyclic) bond motifs is 2. The van der Waals surface area contributed by atoms with E-state index in [1.807, 2.05) is 0 Å². The summed E-state index contributed by atoms with van der Waals surface area (Å²) in [6.45, 7) is 2.41. The summed E-state index contributed by atoms with van der Waals surface area (Å²) in [7, 11) is 0. The zero-order chi connectivity index (χ0) is 10.7. The molecule has 0 aromatic rings. The molecule has 2 bridgehead atoms. The molecule has 1 fully saturated rings. The Balaban J connectivity index is 2.10. The normalized spacial score (nSPS) is 38.0. The van der Waals surface area contributed by atoms with E-state index in [9.17, 15) is 5.11 Å². The van der Waals surface area contributed by atoms with Crippen molar-refractivity contribution in [2.45, 2.75) is 44.8 Å². The molecule has 0 amide bonds. The van der Waals surface area contributed by atoms with Crippen molar-refractivity contribution in [3.05, 3.63) is 23.8 Å². The monoisotopic (exact) mass is 208 g/mol. The quantitative estimate of drug-likeness (QED) is 0.706. The van der Waals surface area contributed by atoms with Crippen LogP contribution in [0, 0.1) is 5.92 Å². The van der Waals surface area contributed by atoms with Crippen molar-refractivity contribution in [1.82, 2.24) is 0 Å². The molecule has 2 heterocycles. The number of allylic oxidation sites excluding steroid dienone is 1. The maximum absolute atomic E-state index is 9.27. The van der Waals surface area contributed by atoms with Crippen molar-refractivity contribution >= 4 is 0 Å². The fraction of sp³-hybridized carbons (Fsp3) is 0.692. The van der Waals surface area contributed by atoms with Crippen molar-refractivity contribution in [3.63, 3.8) is 0 Å². The number of ether oxygens (including phenoxy) is 1. The predicted molar refractivity (Wildman–Crippen MR) is 60.6 cm³/mol. The molecule has 1 N–H and O–H groups in total. The number of aliphatic hydroxyl groups is 1. The molecular weight excluding hydrogens is 188 g/mol. The molecule has 15 heavy (non-hydrogen) atoms. The fourth-order valence-corrected chi connectivity index (χ4v) is 2.50. The lowest BCUT2D eigenvalue weighted by Gasteiger charge is -2.26. The van der Waals surface area contributed by atoms with Gasteiger partial charge in [0.1, 0.15) is 0 Å². The summed E-state index contributed by atoms with van der Waals surface area (Å²) in [5.41, 5.74) is 1.42. The molecule has 0 spiro atoms. The summed E-state index contributed by atoms with van der Waals surface area (Å²) >= 11 is 0. The van der Waals surface area contributed by atoms with Crippen LogP contribution >= 0.6 is 0 Å². The third kappa shape index (κ3) is 2.32. The summed E-state index contributed by atoms with van der Waals surface area (Å²) in [6.07, 6.45) is 11.3. The van der Waals surface area contributed by atoms with Gasteiger partial charge in [0.25, 0.3) is 0 Å². The molecule has 2 heteroatoms. The van der Waals surface area contributed by atoms with Crippen molar-refractivity contribution < 1.29 is 9.84 Å². The lowest BCUT2D eigenvalue weighted by Crippen LogP contribution is -2.27. The van der Waals surface area contributed by atoms with Gasteiger partial charge in [0.05, 0.1) is 12.2 Å². The summed E-state index contributed by atoms with van der Waals surface area (Å²) in [5.74, 6) is 0.300. The number of aliphatic hydroxyl groups excluding tert-OH is 1. The second-order valence-corrected chi connectivity index (χ2v) is 4.43. The van der Waals surface area contributed by atoms with Crippen LogP contribution in [0.15, 0.2) is 23.8 Å². The number of hydrogen-bond donors (Lipinski definition) is 1. The zero-order valence-electron chi connectivity index (χ0n) is 9.36. The molecule has 0 aromatic heterocycles. The molecular formula is C13H20O2. The Hall–Kier alpha value is -0.600. The molecule has 84 valence electrons. The van der Waals surface area contributed by atoms with E-state index in [4.69, 9.17) is 4.74 Å². The van der Waals surface area contributed by atoms with Crippen molar-refractivity contribution in [3.8, 4) is 0 Å². The average Bonchev–Trinajstić information content (AvgIpc) is 2.71. The van der Waals surface area contributed by atoms with Crippen LogP contribution in [0.5, 0.6) is 0 Å². The smallest absolute Gasteiger partial charge is 0.0975 e. The van der Waals surface area contributed by atoms with Gasteiger partial charge >= 0.3 is 0 Å². The van der Waals surface area contributed by atoms with Crippen LogP contribution in [0.4, 0.5) is 0 Å². The van der Waals surface area contributed by atoms with Gasteiger partial charge in [-0.05, 0) is 31.3 Å². The first-order valence-corrected chi connectivity index (χ1v) is 5.98. The minimum Gasteiger partial charge on any atom is -0.396 e. The van der Waals surface area contributed by atoms with Crippen LogP contribution in [0.1, 0.15) is 32.6 Å². The lowest BCUT2D eigenvalue weighted by molar-refractivity contribution is 0.0105. The zero-order valence-corrected chi connectivity index (χ0v) is 9.36. The predicted octanol–water partition coefficient (Wildman–Crippen LogP) is 2.44. The van der Waals surface area contributed by atoms with Gasteiger partial charge in [-0.2, -0.15) is 0 Å². The first-order valence-electron chi connectivity index (χ1n) is 5.98. The molecule has 0 unspecified atom stereocenters. The van der Waals surface area contributed by atoms with Crippen molar-refractivity contribution in [2.24, 2.45) is 5.92 Å². The van der Waals surface area contributed by atoms with E-state index in [0.29, 0.717) is 5.92 Å². The highest BCUT2D eigenvalue weighted by Gasteiger charge is 2.30. The van der Waals surface area contributed by atoms with E-state index in [1.165, 1.54) is 12.0 Å². The molecule has 1 saturated heterocycles. The molecule has 0 aliphatic carbocycles. The first-order chi connectivity index (χ1) is 7.35. The lowest BCUT2D eigenvalue weighted by atomic mass is 9.94. The van der Waals surface area contributed by atoms with Crippen LogP contribution in [-0.2, 0) is 4.74 Å². The van der Waals surface area contributed by atoms with Crippen LogP contribution in [-0.4, -0.2) is 23.9 Å². The van der Waals surface area contributed by atoms with Gasteiger partial charge < -0.3 is 9.84 Å². The Bertz CT molecular complexity index is 268. The van der Waals surface area contributed by atoms with Gasteiger partial charge in [-0.1, -0.05) is 25.2 Å². The fourth-order valence-electron chi connectivity index (χ4n) is 2.50. The van der Waals surface area contributed by atoms with Crippen LogP contribution in [0.3, 0.4) is 0 Å². The third-order valence-electron chi connectivity index (χ3n) is 3.35. The highest BCUT2D eigenvalue weighted by Crippen LogP contribution is 2.32. The molecule has 0 saturated carbocycles. The molecule has 2 rings (SSSR count). The molecule has 2 nitrogen and oxygen atoms in total. The number of hydrogen-bond acceptors (Lipinski definition) is 2. The summed E-state index contributed by atoms with van der Waals surface area (Å²) in [5, 5.41) is 9.27. The first kappa shape index (κ1) is 10.9. The van der Waals surface area contributed by atoms with Crippen LogP contribution < -0.4 is 0 Å². The summed E-state index contributed by atoms with van der Waals surface area (Å²) in [4.78, 5) is 0. The summed E-state index contributed by atoms with van der Waals surface area (Å²) < 4.78 is 5.93. The standard InChI is InChI=1S/C13H20O2/c1-2-4-10-5-3-6-11(9-14)13-8-7-12(10)15-13/h4,7-8,11-14H,2-3,5-6,9H2,1H3/b10-4+/t11-,12-,13+/m1/s1.